The molecule has 2 rings (SSSR count). The van der Waals surface area contributed by atoms with Crippen LogP contribution >= 0.6 is 11.6 Å². The van der Waals surface area contributed by atoms with E-state index in [0.717, 1.165) is 12.0 Å². The molecule has 21 heavy (non-hydrogen) atoms. The van der Waals surface area contributed by atoms with Gasteiger partial charge in [-0.1, -0.05) is 36.7 Å². The Morgan fingerprint density at radius 3 is 2.71 bits per heavy atom. The zero-order valence-electron chi connectivity index (χ0n) is 11.6. The third-order valence-corrected chi connectivity index (χ3v) is 3.47. The molecule has 112 valence electrons. The van der Waals surface area contributed by atoms with Crippen LogP contribution in [0.3, 0.4) is 0 Å². The molecule has 0 aliphatic heterocycles. The molecule has 0 amide bonds. The van der Waals surface area contributed by atoms with Crippen molar-refractivity contribution >= 4 is 23.1 Å². The number of nitrogens with one attached hydrogen (secondary N) is 2. The Kier molecular flexibility index (Phi) is 4.70. The van der Waals surface area contributed by atoms with Gasteiger partial charge in [0, 0.05) is 18.1 Å². The predicted octanol–water partition coefficient (Wildman–Crippen LogP) is 1.79. The van der Waals surface area contributed by atoms with Crippen LogP contribution in [0.4, 0.5) is 11.5 Å². The Morgan fingerprint density at radius 2 is 2.05 bits per heavy atom. The highest BCUT2D eigenvalue weighted by atomic mass is 35.5. The molecule has 0 fully saturated rings. The van der Waals surface area contributed by atoms with E-state index in [2.05, 4.69) is 10.3 Å². The first-order valence-electron chi connectivity index (χ1n) is 6.64. The van der Waals surface area contributed by atoms with Crippen molar-refractivity contribution in [3.63, 3.8) is 0 Å². The number of nitrogens with zero attached hydrogens (tertiary/aromatic N) is 1. The average Bonchev–Trinajstić information content (AvgIpc) is 2.45. The van der Waals surface area contributed by atoms with Crippen molar-refractivity contribution in [2.75, 3.05) is 11.1 Å². The lowest BCUT2D eigenvalue weighted by Gasteiger charge is -2.13. The predicted molar refractivity (Wildman–Crippen MR) is 84.8 cm³/mol. The Balaban J connectivity index is 2.32. The molecule has 0 saturated carbocycles. The van der Waals surface area contributed by atoms with Crippen LogP contribution in [0.25, 0.3) is 0 Å². The lowest BCUT2D eigenvalue weighted by atomic mass is 10.2. The lowest BCUT2D eigenvalue weighted by Crippen LogP contribution is -2.34. The lowest BCUT2D eigenvalue weighted by molar-refractivity contribution is 0.642. The number of aromatic nitrogens is 2. The number of anilines is 2. The molecule has 0 radical (unpaired) electrons. The summed E-state index contributed by atoms with van der Waals surface area (Å²) in [6.45, 7) is 2.72. The zero-order valence-corrected chi connectivity index (χ0v) is 12.4. The highest BCUT2D eigenvalue weighted by Gasteiger charge is 2.11. The summed E-state index contributed by atoms with van der Waals surface area (Å²) in [7, 11) is 0. The number of hydrogen-bond donors (Lipinski definition) is 3. The maximum atomic E-state index is 11.9. The molecular weight excluding hydrogens is 292 g/mol. The Bertz CT molecular complexity index is 751. The van der Waals surface area contributed by atoms with Crippen LogP contribution < -0.4 is 22.3 Å². The normalized spacial score (nSPS) is 10.6. The number of nitrogen functional groups attached to an aromatic ring is 1. The van der Waals surface area contributed by atoms with Crippen LogP contribution in [0.1, 0.15) is 18.9 Å². The van der Waals surface area contributed by atoms with Gasteiger partial charge in [0.1, 0.15) is 11.5 Å². The van der Waals surface area contributed by atoms with Crippen molar-refractivity contribution in [1.29, 1.82) is 0 Å². The average molecular weight is 309 g/mol. The summed E-state index contributed by atoms with van der Waals surface area (Å²) in [4.78, 5) is 25.8. The molecular formula is C14H17ClN4O2. The van der Waals surface area contributed by atoms with Crippen molar-refractivity contribution in [3.8, 4) is 0 Å². The van der Waals surface area contributed by atoms with Crippen molar-refractivity contribution in [2.45, 2.75) is 26.4 Å². The monoisotopic (exact) mass is 308 g/mol. The van der Waals surface area contributed by atoms with E-state index in [-0.39, 0.29) is 11.5 Å². The van der Waals surface area contributed by atoms with Crippen LogP contribution in [0.15, 0.2) is 33.9 Å². The second kappa shape index (κ2) is 6.49. The van der Waals surface area contributed by atoms with Gasteiger partial charge in [-0.2, -0.15) is 0 Å². The fourth-order valence-corrected chi connectivity index (χ4v) is 2.23. The van der Waals surface area contributed by atoms with E-state index in [4.69, 9.17) is 17.3 Å². The smallest absolute Gasteiger partial charge is 0.330 e. The van der Waals surface area contributed by atoms with Crippen molar-refractivity contribution < 1.29 is 0 Å². The van der Waals surface area contributed by atoms with Crippen molar-refractivity contribution in [1.82, 2.24) is 9.55 Å². The van der Waals surface area contributed by atoms with Crippen molar-refractivity contribution in [3.05, 3.63) is 55.7 Å². The summed E-state index contributed by atoms with van der Waals surface area (Å²) in [5, 5.41) is 3.55. The van der Waals surface area contributed by atoms with Gasteiger partial charge in [-0.15, -0.1) is 0 Å². The van der Waals surface area contributed by atoms with Crippen LogP contribution in [0, 0.1) is 0 Å². The van der Waals surface area contributed by atoms with Gasteiger partial charge in [0.25, 0.3) is 5.56 Å². The molecule has 0 aliphatic carbocycles. The minimum Gasteiger partial charge on any atom is -0.383 e. The Labute approximate surface area is 126 Å². The Hall–Kier alpha value is -2.21. The summed E-state index contributed by atoms with van der Waals surface area (Å²) in [6, 6.07) is 7.30. The van der Waals surface area contributed by atoms with Gasteiger partial charge in [-0.05, 0) is 18.1 Å². The number of benzene rings is 1. The minimum atomic E-state index is -0.531. The molecule has 0 bridgehead atoms. The molecule has 7 heteroatoms. The topological polar surface area (TPSA) is 92.9 Å². The summed E-state index contributed by atoms with van der Waals surface area (Å²) < 4.78 is 1.34. The molecule has 1 aromatic carbocycles. The van der Waals surface area contributed by atoms with Crippen LogP contribution in [-0.2, 0) is 13.1 Å². The van der Waals surface area contributed by atoms with E-state index < -0.39 is 11.2 Å². The maximum Gasteiger partial charge on any atom is 0.330 e. The number of hydrogen-bond acceptors (Lipinski definition) is 4. The molecule has 0 spiro atoms. The first-order valence-corrected chi connectivity index (χ1v) is 7.02. The van der Waals surface area contributed by atoms with E-state index >= 15 is 0 Å². The largest absolute Gasteiger partial charge is 0.383 e. The third-order valence-electron chi connectivity index (χ3n) is 3.10. The van der Waals surface area contributed by atoms with Gasteiger partial charge >= 0.3 is 5.69 Å². The second-order valence-corrected chi connectivity index (χ2v) is 5.02. The number of nitrogens with two attached hydrogens (primary N) is 1. The van der Waals surface area contributed by atoms with Gasteiger partial charge in [0.15, 0.2) is 0 Å². The van der Waals surface area contributed by atoms with E-state index in [0.29, 0.717) is 18.1 Å². The van der Waals surface area contributed by atoms with Crippen LogP contribution in [0.2, 0.25) is 5.02 Å². The molecule has 0 saturated heterocycles. The van der Waals surface area contributed by atoms with E-state index in [1.807, 2.05) is 25.1 Å². The standard InChI is InChI=1S/C14H17ClN4O2/c1-2-7-19-12(16)11(13(20)18-14(19)21)17-8-9-5-3-4-6-10(9)15/h3-6,17H,2,7-8,16H2,1H3,(H,18,20,21). The van der Waals surface area contributed by atoms with Crippen molar-refractivity contribution in [2.24, 2.45) is 0 Å². The minimum absolute atomic E-state index is 0.137. The van der Waals surface area contributed by atoms with Gasteiger partial charge < -0.3 is 11.1 Å². The SMILES string of the molecule is CCCn1c(N)c(NCc2ccccc2Cl)c(=O)[nH]c1=O. The van der Waals surface area contributed by atoms with Gasteiger partial charge in [0.05, 0.1) is 0 Å². The quantitative estimate of drug-likeness (QED) is 0.785. The number of H-pyrrole nitrogens is 1. The third kappa shape index (κ3) is 3.28. The van der Waals surface area contributed by atoms with E-state index in [1.54, 1.807) is 6.07 Å². The molecule has 4 N–H and O–H groups in total. The molecule has 2 aromatic rings. The molecule has 1 heterocycles. The first kappa shape index (κ1) is 15.2. The second-order valence-electron chi connectivity index (χ2n) is 4.62. The maximum absolute atomic E-state index is 11.9. The molecule has 6 nitrogen and oxygen atoms in total. The molecule has 1 aromatic heterocycles. The first-order chi connectivity index (χ1) is 10.0. The molecule has 0 aliphatic rings. The number of rotatable bonds is 5. The van der Waals surface area contributed by atoms with E-state index in [1.165, 1.54) is 4.57 Å². The highest BCUT2D eigenvalue weighted by Crippen LogP contribution is 2.17. The Morgan fingerprint density at radius 1 is 1.33 bits per heavy atom. The number of halogens is 1. The van der Waals surface area contributed by atoms with Gasteiger partial charge in [-0.25, -0.2) is 4.79 Å². The molecule has 0 atom stereocenters. The fourth-order valence-electron chi connectivity index (χ4n) is 2.03. The zero-order chi connectivity index (χ0) is 15.4. The summed E-state index contributed by atoms with van der Waals surface area (Å²) in [5.74, 6) is 0.137. The van der Waals surface area contributed by atoms with Gasteiger partial charge in [0.2, 0.25) is 0 Å². The summed E-state index contributed by atoms with van der Waals surface area (Å²) in [5.41, 5.74) is 5.91. The highest BCUT2D eigenvalue weighted by molar-refractivity contribution is 6.31. The van der Waals surface area contributed by atoms with E-state index in [9.17, 15) is 9.59 Å². The fraction of sp³-hybridized carbons (Fsp3) is 0.286. The number of aromatic amines is 1. The molecule has 0 unspecified atom stereocenters. The van der Waals surface area contributed by atoms with Crippen LogP contribution in [-0.4, -0.2) is 9.55 Å². The van der Waals surface area contributed by atoms with Crippen LogP contribution in [0.5, 0.6) is 0 Å². The summed E-state index contributed by atoms with van der Waals surface area (Å²) in [6.07, 6.45) is 0.736. The van der Waals surface area contributed by atoms with Gasteiger partial charge in [-0.3, -0.25) is 14.3 Å². The summed E-state index contributed by atoms with van der Waals surface area (Å²) >= 11 is 6.06.